The summed E-state index contributed by atoms with van der Waals surface area (Å²) in [6.07, 6.45) is 2.66. The van der Waals surface area contributed by atoms with Gasteiger partial charge in [0.05, 0.1) is 0 Å². The van der Waals surface area contributed by atoms with Gasteiger partial charge < -0.3 is 5.32 Å². The summed E-state index contributed by atoms with van der Waals surface area (Å²) >= 11 is 5.63. The zero-order chi connectivity index (χ0) is 12.3. The summed E-state index contributed by atoms with van der Waals surface area (Å²) in [7, 11) is 0. The molecule has 0 saturated carbocycles. The predicted molar refractivity (Wildman–Crippen MR) is 80.6 cm³/mol. The van der Waals surface area contributed by atoms with E-state index >= 15 is 0 Å². The van der Waals surface area contributed by atoms with Crippen molar-refractivity contribution >= 4 is 27.7 Å². The van der Waals surface area contributed by atoms with E-state index < -0.39 is 0 Å². The molecule has 2 rings (SSSR count). The van der Waals surface area contributed by atoms with Gasteiger partial charge in [0.25, 0.3) is 0 Å². The number of halogens is 1. The topological polar surface area (TPSA) is 12.0 Å². The fourth-order valence-corrected chi connectivity index (χ4v) is 3.90. The molecule has 2 unspecified atom stereocenters. The zero-order valence-electron chi connectivity index (χ0n) is 10.4. The molecule has 0 spiro atoms. The maximum Gasteiger partial charge on any atom is 0.0295 e. The average Bonchev–Trinajstić information content (AvgIpc) is 2.32. The highest BCUT2D eigenvalue weighted by Gasteiger charge is 2.23. The second-order valence-corrected chi connectivity index (χ2v) is 7.17. The first-order valence-electron chi connectivity index (χ1n) is 6.30. The van der Waals surface area contributed by atoms with E-state index in [2.05, 4.69) is 71.1 Å². The Hall–Kier alpha value is 0.01000. The Labute approximate surface area is 117 Å². The molecule has 3 heteroatoms. The highest BCUT2D eigenvalue weighted by atomic mass is 79.9. The molecule has 1 nitrogen and oxygen atoms in total. The third-order valence-electron chi connectivity index (χ3n) is 3.42. The molecule has 0 aliphatic carbocycles. The molecule has 0 amide bonds. The van der Waals surface area contributed by atoms with Crippen LogP contribution < -0.4 is 5.32 Å². The van der Waals surface area contributed by atoms with Gasteiger partial charge in [-0.2, -0.15) is 11.8 Å². The van der Waals surface area contributed by atoms with E-state index in [1.165, 1.54) is 24.2 Å². The van der Waals surface area contributed by atoms with Crippen molar-refractivity contribution in [3.63, 3.8) is 0 Å². The lowest BCUT2D eigenvalue weighted by molar-refractivity contribution is 0.417. The molecule has 17 heavy (non-hydrogen) atoms. The van der Waals surface area contributed by atoms with Crippen LogP contribution in [0.25, 0.3) is 0 Å². The fourth-order valence-electron chi connectivity index (χ4n) is 2.34. The number of rotatable bonds is 3. The van der Waals surface area contributed by atoms with Crippen molar-refractivity contribution in [1.82, 2.24) is 5.32 Å². The molecule has 1 fully saturated rings. The van der Waals surface area contributed by atoms with Crippen LogP contribution in [0.15, 0.2) is 28.7 Å². The Morgan fingerprint density at radius 3 is 3.00 bits per heavy atom. The second kappa shape index (κ2) is 6.26. The van der Waals surface area contributed by atoms with E-state index in [9.17, 15) is 0 Å². The van der Waals surface area contributed by atoms with Crippen LogP contribution in [0.3, 0.4) is 0 Å². The van der Waals surface area contributed by atoms with E-state index in [-0.39, 0.29) is 0 Å². The quantitative estimate of drug-likeness (QED) is 0.888. The molecule has 1 aliphatic rings. The highest BCUT2D eigenvalue weighted by molar-refractivity contribution is 9.10. The summed E-state index contributed by atoms with van der Waals surface area (Å²) in [5.74, 6) is 1.32. The lowest BCUT2D eigenvalue weighted by Crippen LogP contribution is -2.40. The van der Waals surface area contributed by atoms with E-state index in [1.807, 2.05) is 0 Å². The summed E-state index contributed by atoms with van der Waals surface area (Å²) in [5.41, 5.74) is 1.36. The molecule has 1 aliphatic heterocycles. The number of hydrogen-bond acceptors (Lipinski definition) is 2. The predicted octanol–water partition coefficient (Wildman–Crippen LogP) is 4.38. The fraction of sp³-hybridized carbons (Fsp3) is 0.571. The molecule has 0 radical (unpaired) electrons. The maximum absolute atomic E-state index is 3.77. The van der Waals surface area contributed by atoms with Gasteiger partial charge in [0.2, 0.25) is 0 Å². The van der Waals surface area contributed by atoms with E-state index in [0.717, 1.165) is 9.72 Å². The largest absolute Gasteiger partial charge is 0.306 e. The summed E-state index contributed by atoms with van der Waals surface area (Å²) in [6.45, 7) is 4.60. The molecular formula is C14H20BrNS. The Kier molecular flexibility index (Phi) is 4.95. The molecule has 0 bridgehead atoms. The molecule has 1 aromatic rings. The third kappa shape index (κ3) is 3.73. The van der Waals surface area contributed by atoms with Gasteiger partial charge in [0.1, 0.15) is 0 Å². The lowest BCUT2D eigenvalue weighted by atomic mass is 10.0. The number of nitrogens with one attached hydrogen (secondary N) is 1. The first kappa shape index (κ1) is 13.4. The standard InChI is InChI=1S/C14H20BrNS/c1-10(12-5-3-6-13(15)9-12)16-14-7-4-8-17-11(14)2/h3,5-6,9-11,14,16H,4,7-8H2,1-2H3/t10-,11?,14?/m1/s1. The van der Waals surface area contributed by atoms with Crippen molar-refractivity contribution in [2.75, 3.05) is 5.75 Å². The van der Waals surface area contributed by atoms with Crippen molar-refractivity contribution in [3.8, 4) is 0 Å². The minimum Gasteiger partial charge on any atom is -0.306 e. The maximum atomic E-state index is 3.77. The van der Waals surface area contributed by atoms with Crippen LogP contribution in [-0.2, 0) is 0 Å². The van der Waals surface area contributed by atoms with Gasteiger partial charge in [-0.25, -0.2) is 0 Å². The summed E-state index contributed by atoms with van der Waals surface area (Å²) in [5, 5.41) is 4.51. The van der Waals surface area contributed by atoms with Gasteiger partial charge in [-0.15, -0.1) is 0 Å². The smallest absolute Gasteiger partial charge is 0.0295 e. The summed E-state index contributed by atoms with van der Waals surface area (Å²) < 4.78 is 1.16. The number of hydrogen-bond donors (Lipinski definition) is 1. The third-order valence-corrected chi connectivity index (χ3v) is 5.29. The van der Waals surface area contributed by atoms with Crippen LogP contribution in [0.2, 0.25) is 0 Å². The van der Waals surface area contributed by atoms with Gasteiger partial charge in [-0.3, -0.25) is 0 Å². The van der Waals surface area contributed by atoms with Gasteiger partial charge in [-0.05, 0) is 43.2 Å². The molecule has 1 saturated heterocycles. The first-order chi connectivity index (χ1) is 8.16. The van der Waals surface area contributed by atoms with Crippen LogP contribution in [-0.4, -0.2) is 17.0 Å². The zero-order valence-corrected chi connectivity index (χ0v) is 12.9. The highest BCUT2D eigenvalue weighted by Crippen LogP contribution is 2.27. The van der Waals surface area contributed by atoms with Crippen LogP contribution in [0.4, 0.5) is 0 Å². The summed E-state index contributed by atoms with van der Waals surface area (Å²) in [6, 6.07) is 9.68. The summed E-state index contributed by atoms with van der Waals surface area (Å²) in [4.78, 5) is 0. The molecule has 1 aromatic carbocycles. The Morgan fingerprint density at radius 1 is 1.47 bits per heavy atom. The van der Waals surface area contributed by atoms with Crippen molar-refractivity contribution < 1.29 is 0 Å². The molecule has 0 aromatic heterocycles. The second-order valence-electron chi connectivity index (χ2n) is 4.77. The normalized spacial score (nSPS) is 26.8. The number of thioether (sulfide) groups is 1. The van der Waals surface area contributed by atoms with E-state index in [0.29, 0.717) is 12.1 Å². The monoisotopic (exact) mass is 313 g/mol. The molecule has 1 heterocycles. The Bertz CT molecular complexity index is 369. The van der Waals surface area contributed by atoms with E-state index in [4.69, 9.17) is 0 Å². The molecular weight excluding hydrogens is 294 g/mol. The van der Waals surface area contributed by atoms with Crippen molar-refractivity contribution in [2.45, 2.75) is 44.0 Å². The average molecular weight is 314 g/mol. The van der Waals surface area contributed by atoms with Gasteiger partial charge >= 0.3 is 0 Å². The molecule has 94 valence electrons. The van der Waals surface area contributed by atoms with Crippen LogP contribution in [0.1, 0.15) is 38.3 Å². The number of benzene rings is 1. The minimum absolute atomic E-state index is 0.429. The lowest BCUT2D eigenvalue weighted by Gasteiger charge is -2.32. The van der Waals surface area contributed by atoms with Gasteiger partial charge in [-0.1, -0.05) is 35.0 Å². The minimum atomic E-state index is 0.429. The Morgan fingerprint density at radius 2 is 2.29 bits per heavy atom. The van der Waals surface area contributed by atoms with Gasteiger partial charge in [0.15, 0.2) is 0 Å². The van der Waals surface area contributed by atoms with Gasteiger partial charge in [0, 0.05) is 21.8 Å². The molecule has 1 N–H and O–H groups in total. The molecule has 3 atom stereocenters. The van der Waals surface area contributed by atoms with Crippen molar-refractivity contribution in [3.05, 3.63) is 34.3 Å². The van der Waals surface area contributed by atoms with Crippen LogP contribution >= 0.6 is 27.7 Å². The van der Waals surface area contributed by atoms with Crippen LogP contribution in [0, 0.1) is 0 Å². The SMILES string of the molecule is CC1SCCCC1N[C@H](C)c1cccc(Br)c1. The van der Waals surface area contributed by atoms with Crippen molar-refractivity contribution in [2.24, 2.45) is 0 Å². The van der Waals surface area contributed by atoms with E-state index in [1.54, 1.807) is 0 Å². The van der Waals surface area contributed by atoms with Crippen molar-refractivity contribution in [1.29, 1.82) is 0 Å². The first-order valence-corrected chi connectivity index (χ1v) is 8.14. The van der Waals surface area contributed by atoms with Crippen LogP contribution in [0.5, 0.6) is 0 Å². The Balaban J connectivity index is 1.98.